The fourth-order valence-corrected chi connectivity index (χ4v) is 7.21. The first kappa shape index (κ1) is 32.1. The lowest BCUT2D eigenvalue weighted by Gasteiger charge is -2.39. The van der Waals surface area contributed by atoms with Crippen LogP contribution in [0.5, 0.6) is 5.88 Å². The Hall–Kier alpha value is -3.87. The molecule has 2 aromatic carbocycles. The summed E-state index contributed by atoms with van der Waals surface area (Å²) in [5, 5.41) is 0. The number of allylic oxidation sites excluding steroid dienone is 2. The van der Waals surface area contributed by atoms with Gasteiger partial charge in [-0.1, -0.05) is 80.4 Å². The second kappa shape index (κ2) is 15.1. The van der Waals surface area contributed by atoms with E-state index in [2.05, 4.69) is 80.0 Å². The molecule has 4 aromatic rings. The molecule has 46 heavy (non-hydrogen) atoms. The van der Waals surface area contributed by atoms with E-state index in [0.29, 0.717) is 37.5 Å². The number of hydrogen-bond acceptors (Lipinski definition) is 6. The molecule has 0 saturated carbocycles. The number of fused-ring (bicyclic) bond motifs is 1. The molecule has 4 heterocycles. The molecule has 5 nitrogen and oxygen atoms in total. The molecule has 2 aliphatic heterocycles. The van der Waals surface area contributed by atoms with Gasteiger partial charge in [0.2, 0.25) is 5.88 Å². The third-order valence-corrected chi connectivity index (χ3v) is 10.1. The lowest BCUT2D eigenvalue weighted by molar-refractivity contribution is -0.0338. The van der Waals surface area contributed by atoms with Gasteiger partial charge in [-0.15, -0.1) is 17.9 Å². The molecular formula is C40H45N3O2S. The third kappa shape index (κ3) is 7.91. The average molecular weight is 632 g/mol. The number of ether oxygens (including phenoxy) is 2. The van der Waals surface area contributed by atoms with Crippen molar-refractivity contribution >= 4 is 22.7 Å². The van der Waals surface area contributed by atoms with Gasteiger partial charge in [0.05, 0.1) is 29.8 Å². The van der Waals surface area contributed by atoms with Crippen LogP contribution in [-0.2, 0) is 29.6 Å². The summed E-state index contributed by atoms with van der Waals surface area (Å²) in [4.78, 5) is 15.8. The summed E-state index contributed by atoms with van der Waals surface area (Å²) in [6.07, 6.45) is 13.6. The second-order valence-corrected chi connectivity index (χ2v) is 13.9. The summed E-state index contributed by atoms with van der Waals surface area (Å²) in [7, 11) is 0. The van der Waals surface area contributed by atoms with E-state index in [9.17, 15) is 0 Å². The molecule has 0 amide bonds. The van der Waals surface area contributed by atoms with Crippen molar-refractivity contribution < 1.29 is 9.47 Å². The smallest absolute Gasteiger partial charge is 0.213 e. The Morgan fingerprint density at radius 1 is 1.04 bits per heavy atom. The van der Waals surface area contributed by atoms with Crippen LogP contribution in [0.2, 0.25) is 0 Å². The highest BCUT2D eigenvalue weighted by molar-refractivity contribution is 7.09. The Bertz CT molecular complexity index is 1660. The zero-order valence-corrected chi connectivity index (χ0v) is 28.0. The van der Waals surface area contributed by atoms with Gasteiger partial charge in [-0.05, 0) is 72.9 Å². The maximum absolute atomic E-state index is 6.07. The third-order valence-electron chi connectivity index (χ3n) is 9.30. The lowest BCUT2D eigenvalue weighted by atomic mass is 9.78. The number of thiazole rings is 1. The van der Waals surface area contributed by atoms with E-state index >= 15 is 0 Å². The second-order valence-electron chi connectivity index (χ2n) is 13.0. The Labute approximate surface area is 278 Å². The summed E-state index contributed by atoms with van der Waals surface area (Å²) < 4.78 is 11.7. The molecule has 0 spiro atoms. The summed E-state index contributed by atoms with van der Waals surface area (Å²) in [5.41, 5.74) is 10.3. The van der Waals surface area contributed by atoms with E-state index in [4.69, 9.17) is 19.5 Å². The highest BCUT2D eigenvalue weighted by atomic mass is 32.1. The Balaban J connectivity index is 1.15. The van der Waals surface area contributed by atoms with Crippen molar-refractivity contribution in [2.45, 2.75) is 76.7 Å². The minimum absolute atomic E-state index is 0.0820. The molecule has 6 rings (SSSR count). The Kier molecular flexibility index (Phi) is 10.6. The number of rotatable bonds is 15. The SMILES string of the molecule is C=CC1(c2ccc3c(c2)CC(Cc2cncs2)=CC(CC(C)CCC(CCC)c2cccc(OCc4ccccc4)n2)=N3)COC1. The summed E-state index contributed by atoms with van der Waals surface area (Å²) in [5.74, 6) is 1.61. The van der Waals surface area contributed by atoms with Gasteiger partial charge in [-0.3, -0.25) is 9.98 Å². The Morgan fingerprint density at radius 3 is 2.65 bits per heavy atom. The molecule has 2 atom stereocenters. The van der Waals surface area contributed by atoms with Gasteiger partial charge < -0.3 is 9.47 Å². The molecule has 0 radical (unpaired) electrons. The Morgan fingerprint density at radius 2 is 1.91 bits per heavy atom. The van der Waals surface area contributed by atoms with Crippen LogP contribution in [-0.4, -0.2) is 28.9 Å². The van der Waals surface area contributed by atoms with Gasteiger partial charge in [-0.25, -0.2) is 4.98 Å². The number of aromatic nitrogens is 2. The summed E-state index contributed by atoms with van der Waals surface area (Å²) in [6, 6.07) is 23.3. The highest BCUT2D eigenvalue weighted by Crippen LogP contribution is 2.38. The number of nitrogens with zero attached hydrogens (tertiary/aromatic N) is 3. The molecule has 1 saturated heterocycles. The predicted molar refractivity (Wildman–Crippen MR) is 190 cm³/mol. The first-order valence-corrected chi connectivity index (χ1v) is 17.5. The predicted octanol–water partition coefficient (Wildman–Crippen LogP) is 9.76. The van der Waals surface area contributed by atoms with E-state index in [1.54, 1.807) is 11.3 Å². The molecule has 238 valence electrons. The van der Waals surface area contributed by atoms with Gasteiger partial charge in [0.15, 0.2) is 0 Å². The molecule has 1 fully saturated rings. The zero-order valence-electron chi connectivity index (χ0n) is 27.2. The van der Waals surface area contributed by atoms with Crippen molar-refractivity contribution in [3.63, 3.8) is 0 Å². The molecular weight excluding hydrogens is 587 g/mol. The van der Waals surface area contributed by atoms with Crippen LogP contribution in [0.4, 0.5) is 5.69 Å². The van der Waals surface area contributed by atoms with E-state index in [1.165, 1.54) is 27.3 Å². The van der Waals surface area contributed by atoms with Crippen molar-refractivity contribution in [1.29, 1.82) is 0 Å². The van der Waals surface area contributed by atoms with Crippen LogP contribution < -0.4 is 4.74 Å². The van der Waals surface area contributed by atoms with Crippen LogP contribution in [0.25, 0.3) is 0 Å². The van der Waals surface area contributed by atoms with E-state index < -0.39 is 0 Å². The molecule has 2 aliphatic rings. The number of benzene rings is 2. The van der Waals surface area contributed by atoms with Crippen molar-refractivity contribution in [2.75, 3.05) is 13.2 Å². The van der Waals surface area contributed by atoms with Crippen molar-refractivity contribution in [3.8, 4) is 5.88 Å². The minimum atomic E-state index is -0.0820. The number of hydrogen-bond donors (Lipinski definition) is 0. The quantitative estimate of drug-likeness (QED) is 0.123. The summed E-state index contributed by atoms with van der Waals surface area (Å²) >= 11 is 1.72. The molecule has 0 N–H and O–H groups in total. The minimum Gasteiger partial charge on any atom is -0.473 e. The lowest BCUT2D eigenvalue weighted by Crippen LogP contribution is -2.44. The van der Waals surface area contributed by atoms with Crippen LogP contribution in [0.1, 0.15) is 79.1 Å². The van der Waals surface area contributed by atoms with E-state index in [0.717, 1.165) is 61.9 Å². The van der Waals surface area contributed by atoms with Crippen molar-refractivity contribution in [3.05, 3.63) is 130 Å². The van der Waals surface area contributed by atoms with Gasteiger partial charge in [0.1, 0.15) is 6.61 Å². The number of aliphatic imine (C=N–C) groups is 1. The van der Waals surface area contributed by atoms with Gasteiger partial charge >= 0.3 is 0 Å². The van der Waals surface area contributed by atoms with Crippen LogP contribution in [0.3, 0.4) is 0 Å². The maximum atomic E-state index is 6.07. The molecule has 2 aromatic heterocycles. The molecule has 0 aliphatic carbocycles. The first-order valence-electron chi connectivity index (χ1n) is 16.7. The van der Waals surface area contributed by atoms with Gasteiger partial charge in [0.25, 0.3) is 0 Å². The largest absolute Gasteiger partial charge is 0.473 e. The summed E-state index contributed by atoms with van der Waals surface area (Å²) in [6.45, 7) is 10.7. The van der Waals surface area contributed by atoms with Crippen LogP contribution >= 0.6 is 11.3 Å². The monoisotopic (exact) mass is 631 g/mol. The fraction of sp³-hybridized carbons (Fsp3) is 0.375. The van der Waals surface area contributed by atoms with E-state index in [1.807, 2.05) is 36.0 Å². The van der Waals surface area contributed by atoms with E-state index in [-0.39, 0.29) is 5.41 Å². The molecule has 0 bridgehead atoms. The normalized spacial score (nSPS) is 16.7. The topological polar surface area (TPSA) is 56.6 Å². The number of pyridine rings is 1. The van der Waals surface area contributed by atoms with Crippen molar-refractivity contribution in [2.24, 2.45) is 10.9 Å². The first-order chi connectivity index (χ1) is 22.5. The fourth-order valence-electron chi connectivity index (χ4n) is 6.56. The van der Waals surface area contributed by atoms with Crippen LogP contribution in [0.15, 0.2) is 108 Å². The standard InChI is InChI=1S/C40H45N3O2S/c1-4-10-32(37-13-9-14-39(43-37)45-25-30-11-7-6-8-12-30)16-15-29(3)19-35-21-31(22-36-24-41-28-46-36)20-33-23-34(17-18-38(33)42-35)40(5-2)26-44-27-40/h5-9,11-14,17-18,21,23-24,28-29,32H,2,4,10,15-16,19-20,22,25-27H2,1,3H3. The van der Waals surface area contributed by atoms with Gasteiger partial charge in [0, 0.05) is 40.9 Å². The zero-order chi connectivity index (χ0) is 31.8. The maximum Gasteiger partial charge on any atom is 0.213 e. The van der Waals surface area contributed by atoms with Gasteiger partial charge in [-0.2, -0.15) is 0 Å². The van der Waals surface area contributed by atoms with Crippen LogP contribution in [0, 0.1) is 5.92 Å². The molecule has 2 unspecified atom stereocenters. The van der Waals surface area contributed by atoms with Crippen molar-refractivity contribution in [1.82, 2.24) is 9.97 Å². The highest BCUT2D eigenvalue weighted by Gasteiger charge is 2.37. The molecule has 6 heteroatoms. The average Bonchev–Trinajstić information content (AvgIpc) is 3.50.